The summed E-state index contributed by atoms with van der Waals surface area (Å²) in [5, 5.41) is 2.70. The van der Waals surface area contributed by atoms with Crippen LogP contribution in [0.15, 0.2) is 48.5 Å². The van der Waals surface area contributed by atoms with Crippen molar-refractivity contribution in [1.29, 1.82) is 0 Å². The summed E-state index contributed by atoms with van der Waals surface area (Å²) in [5.41, 5.74) is 3.51. The molecule has 11 heteroatoms. The van der Waals surface area contributed by atoms with Gasteiger partial charge in [0.15, 0.2) is 0 Å². The molecule has 0 radical (unpaired) electrons. The van der Waals surface area contributed by atoms with Gasteiger partial charge in [-0.3, -0.25) is 0 Å². The van der Waals surface area contributed by atoms with E-state index in [9.17, 15) is 0 Å². The van der Waals surface area contributed by atoms with Gasteiger partial charge in [-0.1, -0.05) is 239 Å². The monoisotopic (exact) mass is 1040 g/mol. The second-order valence-electron chi connectivity index (χ2n) is 20.5. The molecule has 67 heavy (non-hydrogen) atoms. The predicted octanol–water partition coefficient (Wildman–Crippen LogP) is 19.6. The summed E-state index contributed by atoms with van der Waals surface area (Å²) in [6.45, 7) is 9.66. The van der Waals surface area contributed by atoms with Crippen molar-refractivity contribution < 1.29 is 9.47 Å². The van der Waals surface area contributed by atoms with Gasteiger partial charge in [-0.15, -0.1) is 22.7 Å². The zero-order valence-electron chi connectivity index (χ0n) is 43.5. The van der Waals surface area contributed by atoms with E-state index in [4.69, 9.17) is 19.4 Å². The fourth-order valence-corrected chi connectivity index (χ4v) is 19.3. The normalized spacial score (nSPS) is 14.0. The standard InChI is InChI=1S/C56H96N2O2S5Si2/c1-59-53(66(3)4)43-31-27-23-19-15-11-7-9-13-17-21-25-29-37-47(55-57-49-39-33-35-41-51(49)63-55)45-61-65-62-46-48(56-58-50-40-34-36-42-52(50)64-56)38-30-26-22-18-14-10-8-12-16-20-24-28-32-44-54(60-2)67(5)6/h33-36,39-42,47-48,53-54,66-67H,7-32,37-38,43-46H2,1-6H3. The second kappa shape index (κ2) is 38.3. The van der Waals surface area contributed by atoms with Crippen LogP contribution in [-0.2, 0) is 9.47 Å². The molecule has 4 atom stereocenters. The van der Waals surface area contributed by atoms with Crippen LogP contribution in [0.25, 0.3) is 20.4 Å². The molecule has 4 aromatic rings. The van der Waals surface area contributed by atoms with Gasteiger partial charge >= 0.3 is 0 Å². The summed E-state index contributed by atoms with van der Waals surface area (Å²) in [4.78, 5) is 10.4. The average molecular weight is 1050 g/mol. The van der Waals surface area contributed by atoms with E-state index in [1.165, 1.54) is 223 Å². The van der Waals surface area contributed by atoms with E-state index in [2.05, 4.69) is 96.3 Å². The van der Waals surface area contributed by atoms with Gasteiger partial charge in [-0.05, 0) is 59.8 Å². The van der Waals surface area contributed by atoms with Crippen LogP contribution in [-0.4, -0.2) is 64.7 Å². The molecule has 2 aromatic carbocycles. The van der Waals surface area contributed by atoms with Gasteiger partial charge in [0.05, 0.1) is 48.0 Å². The summed E-state index contributed by atoms with van der Waals surface area (Å²) in [7, 11) is 8.65. The van der Waals surface area contributed by atoms with Crippen LogP contribution < -0.4 is 0 Å². The Morgan fingerprint density at radius 1 is 0.418 bits per heavy atom. The third-order valence-electron chi connectivity index (χ3n) is 14.1. The maximum atomic E-state index is 5.70. The second-order valence-corrected chi connectivity index (χ2v) is 33.4. The van der Waals surface area contributed by atoms with Gasteiger partial charge in [0.25, 0.3) is 0 Å². The molecule has 2 aromatic heterocycles. The quantitative estimate of drug-likeness (QED) is 0.0248. The number of benzene rings is 2. The molecule has 0 aliphatic heterocycles. The molecule has 4 nitrogen and oxygen atoms in total. The van der Waals surface area contributed by atoms with Crippen LogP contribution >= 0.6 is 54.1 Å². The third kappa shape index (κ3) is 25.7. The van der Waals surface area contributed by atoms with Crippen molar-refractivity contribution in [1.82, 2.24) is 9.97 Å². The first-order valence-electron chi connectivity index (χ1n) is 27.6. The minimum absolute atomic E-state index is 0.537. The molecule has 0 bridgehead atoms. The third-order valence-corrected chi connectivity index (χ3v) is 25.1. The van der Waals surface area contributed by atoms with Crippen LogP contribution in [0.1, 0.15) is 214 Å². The number of methoxy groups -OCH3 is 2. The number of fused-ring (bicyclic) bond motifs is 2. The molecule has 4 unspecified atom stereocenters. The highest BCUT2D eigenvalue weighted by atomic mass is 33.5. The first-order chi connectivity index (χ1) is 32.9. The number of hydrogen-bond donors (Lipinski definition) is 0. The van der Waals surface area contributed by atoms with Gasteiger partial charge in [-0.2, -0.15) is 0 Å². The van der Waals surface area contributed by atoms with Gasteiger partial charge < -0.3 is 9.47 Å². The van der Waals surface area contributed by atoms with E-state index < -0.39 is 17.6 Å². The Labute approximate surface area is 434 Å². The highest BCUT2D eigenvalue weighted by Crippen LogP contribution is 2.44. The molecular formula is C56H96N2O2S5Si2. The van der Waals surface area contributed by atoms with Crippen molar-refractivity contribution >= 4 is 92.1 Å². The highest BCUT2D eigenvalue weighted by molar-refractivity contribution is 9.09. The molecule has 0 amide bonds. The topological polar surface area (TPSA) is 44.2 Å². The Morgan fingerprint density at radius 2 is 0.701 bits per heavy atom. The summed E-state index contributed by atoms with van der Waals surface area (Å²) < 4.78 is 14.1. The number of nitrogens with zero attached hydrogens (tertiary/aromatic N) is 2. The number of para-hydroxylation sites is 2. The van der Waals surface area contributed by atoms with Crippen molar-refractivity contribution in [3.05, 3.63) is 58.5 Å². The number of aromatic nitrogens is 2. The Kier molecular flexibility index (Phi) is 33.8. The lowest BCUT2D eigenvalue weighted by Crippen LogP contribution is -2.26. The van der Waals surface area contributed by atoms with Gasteiger partial charge in [-0.25, -0.2) is 9.97 Å². The molecule has 0 fully saturated rings. The molecule has 0 aliphatic carbocycles. The highest BCUT2D eigenvalue weighted by Gasteiger charge is 2.20. The molecule has 0 saturated carbocycles. The van der Waals surface area contributed by atoms with Crippen LogP contribution in [0.2, 0.25) is 26.2 Å². The lowest BCUT2D eigenvalue weighted by molar-refractivity contribution is 0.151. The van der Waals surface area contributed by atoms with E-state index >= 15 is 0 Å². The first-order valence-corrected chi connectivity index (χ1v) is 39.0. The van der Waals surface area contributed by atoms with Crippen molar-refractivity contribution in [3.63, 3.8) is 0 Å². The van der Waals surface area contributed by atoms with Crippen LogP contribution in [0.4, 0.5) is 0 Å². The summed E-state index contributed by atoms with van der Waals surface area (Å²) in [5.74, 6) is 3.36. The predicted molar refractivity (Wildman–Crippen MR) is 315 cm³/mol. The summed E-state index contributed by atoms with van der Waals surface area (Å²) >= 11 is 3.87. The molecule has 0 aliphatic rings. The lowest BCUT2D eigenvalue weighted by atomic mass is 10.0. The summed E-state index contributed by atoms with van der Waals surface area (Å²) in [6.07, 6.45) is 41.4. The minimum Gasteiger partial charge on any atom is -0.385 e. The molecule has 2 heterocycles. The van der Waals surface area contributed by atoms with Crippen LogP contribution in [0.5, 0.6) is 0 Å². The fourth-order valence-electron chi connectivity index (χ4n) is 9.75. The Balaban J connectivity index is 1.08. The number of ether oxygens (including phenoxy) is 2. The minimum atomic E-state index is -0.663. The van der Waals surface area contributed by atoms with Crippen LogP contribution in [0.3, 0.4) is 0 Å². The molecule has 0 saturated heterocycles. The van der Waals surface area contributed by atoms with Crippen molar-refractivity contribution in [2.75, 3.05) is 25.7 Å². The van der Waals surface area contributed by atoms with Gasteiger partial charge in [0, 0.05) is 49.0 Å². The van der Waals surface area contributed by atoms with Crippen molar-refractivity contribution in [2.24, 2.45) is 0 Å². The lowest BCUT2D eigenvalue weighted by Gasteiger charge is -2.17. The van der Waals surface area contributed by atoms with E-state index in [1.807, 2.05) is 46.7 Å². The SMILES string of the molecule is COC(CCCCCCCCCCCCCCCC(CSSSCC(CCCCCCCCCCCCCCCC(OC)[SiH](C)C)c1nc2ccccc2s1)c1nc2ccccc2s1)[SiH](C)C. The smallest absolute Gasteiger partial charge is 0.0978 e. The largest absolute Gasteiger partial charge is 0.385 e. The molecule has 0 N–H and O–H groups in total. The number of rotatable bonds is 44. The Morgan fingerprint density at radius 3 is 0.985 bits per heavy atom. The van der Waals surface area contributed by atoms with E-state index in [0.717, 1.165) is 11.5 Å². The maximum absolute atomic E-state index is 5.70. The van der Waals surface area contributed by atoms with E-state index in [0.29, 0.717) is 23.3 Å². The zero-order valence-corrected chi connectivity index (χ0v) is 49.9. The van der Waals surface area contributed by atoms with E-state index in [1.54, 1.807) is 0 Å². The Hall–Kier alpha value is -0.376. The Bertz CT molecular complexity index is 1580. The maximum Gasteiger partial charge on any atom is 0.0978 e. The number of thiazole rings is 2. The van der Waals surface area contributed by atoms with E-state index in [-0.39, 0.29) is 0 Å². The molecule has 380 valence electrons. The zero-order chi connectivity index (χ0) is 47.6. The van der Waals surface area contributed by atoms with Crippen molar-refractivity contribution in [2.45, 2.75) is 242 Å². The van der Waals surface area contributed by atoms with Gasteiger partial charge in [0.2, 0.25) is 0 Å². The average Bonchev–Trinajstić information content (AvgIpc) is 3.97. The van der Waals surface area contributed by atoms with Crippen LogP contribution in [0, 0.1) is 0 Å². The fraction of sp³-hybridized carbons (Fsp3) is 0.750. The number of hydrogen-bond acceptors (Lipinski definition) is 9. The first kappa shape index (κ1) is 59.2. The number of unbranched alkanes of at least 4 members (excludes halogenated alkanes) is 24. The molecule has 0 spiro atoms. The molecular weight excluding hydrogens is 949 g/mol. The molecule has 4 rings (SSSR count). The summed E-state index contributed by atoms with van der Waals surface area (Å²) in [6, 6.07) is 17.5. The van der Waals surface area contributed by atoms with Gasteiger partial charge in [0.1, 0.15) is 0 Å². The van der Waals surface area contributed by atoms with Crippen molar-refractivity contribution in [3.8, 4) is 0 Å².